The van der Waals surface area contributed by atoms with Gasteiger partial charge in [-0.2, -0.15) is 0 Å². The zero-order valence-electron chi connectivity index (χ0n) is 9.01. The largest absolute Gasteiger partial charge is 0.497 e. The van der Waals surface area contributed by atoms with Gasteiger partial charge in [-0.15, -0.1) is 10.2 Å². The fourth-order valence-electron chi connectivity index (χ4n) is 1.58. The van der Waals surface area contributed by atoms with Crippen molar-refractivity contribution < 1.29 is 9.15 Å². The van der Waals surface area contributed by atoms with Gasteiger partial charge in [-0.05, 0) is 18.2 Å². The lowest BCUT2D eigenvalue weighted by Crippen LogP contribution is -1.79. The molecular weight excluding hydrogens is 238 g/mol. The molecule has 0 aliphatic rings. The van der Waals surface area contributed by atoms with Gasteiger partial charge >= 0.3 is 0 Å². The Hall–Kier alpha value is -2.08. The third kappa shape index (κ3) is 1.72. The monoisotopic (exact) mass is 247 g/mol. The summed E-state index contributed by atoms with van der Waals surface area (Å²) < 4.78 is 10.8. The van der Waals surface area contributed by atoms with Crippen LogP contribution in [-0.4, -0.2) is 17.3 Å². The maximum Gasteiger partial charge on any atom is 0.203 e. The Morgan fingerprint density at radius 3 is 2.88 bits per heavy atom. The Balaban J connectivity index is 2.13. The van der Waals surface area contributed by atoms with Crippen LogP contribution < -0.4 is 10.5 Å². The molecule has 17 heavy (non-hydrogen) atoms. The molecule has 0 saturated heterocycles. The van der Waals surface area contributed by atoms with Crippen molar-refractivity contribution in [2.75, 3.05) is 12.8 Å². The molecule has 2 aromatic heterocycles. The highest BCUT2D eigenvalue weighted by Gasteiger charge is 2.11. The van der Waals surface area contributed by atoms with E-state index in [-0.39, 0.29) is 0 Å². The lowest BCUT2D eigenvalue weighted by atomic mass is 10.2. The number of nitrogens with two attached hydrogens (primary N) is 1. The molecule has 86 valence electrons. The third-order valence-electron chi connectivity index (χ3n) is 2.38. The van der Waals surface area contributed by atoms with Gasteiger partial charge in [-0.25, -0.2) is 0 Å². The number of anilines is 1. The highest BCUT2D eigenvalue weighted by atomic mass is 32.1. The summed E-state index contributed by atoms with van der Waals surface area (Å²) in [4.78, 5) is 0. The predicted molar refractivity (Wildman–Crippen MR) is 66.1 cm³/mol. The number of furan rings is 1. The summed E-state index contributed by atoms with van der Waals surface area (Å²) in [6, 6.07) is 7.57. The molecule has 0 radical (unpaired) electrons. The fraction of sp³-hybridized carbons (Fsp3) is 0.0909. The van der Waals surface area contributed by atoms with Gasteiger partial charge in [-0.1, -0.05) is 11.3 Å². The Kier molecular flexibility index (Phi) is 2.22. The number of aromatic nitrogens is 2. The van der Waals surface area contributed by atoms with E-state index in [0.717, 1.165) is 16.7 Å². The van der Waals surface area contributed by atoms with Crippen LogP contribution >= 0.6 is 11.3 Å². The van der Waals surface area contributed by atoms with E-state index in [9.17, 15) is 0 Å². The number of fused-ring (bicyclic) bond motifs is 1. The molecular formula is C11H9N3O2S. The van der Waals surface area contributed by atoms with Crippen LogP contribution in [0.5, 0.6) is 5.75 Å². The average Bonchev–Trinajstić information content (AvgIpc) is 2.93. The molecule has 0 fully saturated rings. The molecule has 6 heteroatoms. The van der Waals surface area contributed by atoms with Gasteiger partial charge in [0.25, 0.3) is 0 Å². The minimum Gasteiger partial charge on any atom is -0.497 e. The van der Waals surface area contributed by atoms with E-state index in [0.29, 0.717) is 15.9 Å². The number of benzene rings is 1. The highest BCUT2D eigenvalue weighted by Crippen LogP contribution is 2.32. The second-order valence-electron chi connectivity index (χ2n) is 3.46. The number of methoxy groups -OCH3 is 1. The Morgan fingerprint density at radius 1 is 1.29 bits per heavy atom. The number of nitrogens with zero attached hydrogens (tertiary/aromatic N) is 2. The molecule has 0 spiro atoms. The maximum atomic E-state index is 5.68. The van der Waals surface area contributed by atoms with Crippen LogP contribution in [-0.2, 0) is 0 Å². The number of nitrogen functional groups attached to an aromatic ring is 1. The molecule has 0 aliphatic heterocycles. The van der Waals surface area contributed by atoms with E-state index >= 15 is 0 Å². The predicted octanol–water partition coefficient (Wildman–Crippen LogP) is 2.54. The number of hydrogen-bond donors (Lipinski definition) is 1. The van der Waals surface area contributed by atoms with Gasteiger partial charge in [0.1, 0.15) is 11.3 Å². The van der Waals surface area contributed by atoms with Crippen LogP contribution in [0.3, 0.4) is 0 Å². The van der Waals surface area contributed by atoms with Crippen molar-refractivity contribution in [1.29, 1.82) is 0 Å². The smallest absolute Gasteiger partial charge is 0.203 e. The van der Waals surface area contributed by atoms with Gasteiger partial charge in [0.05, 0.1) is 7.11 Å². The van der Waals surface area contributed by atoms with Crippen molar-refractivity contribution in [1.82, 2.24) is 10.2 Å². The summed E-state index contributed by atoms with van der Waals surface area (Å²) >= 11 is 1.30. The zero-order chi connectivity index (χ0) is 11.8. The maximum absolute atomic E-state index is 5.68. The standard InChI is InChI=1S/C11H9N3O2S/c1-15-7-3-2-6-4-9(16-8(6)5-7)10-13-14-11(12)17-10/h2-5H,1H3,(H2,12,14). The van der Waals surface area contributed by atoms with Gasteiger partial charge in [-0.3, -0.25) is 0 Å². The minimum absolute atomic E-state index is 0.429. The SMILES string of the molecule is COc1ccc2cc(-c3nnc(N)s3)oc2c1. The number of hydrogen-bond acceptors (Lipinski definition) is 6. The molecule has 3 aromatic rings. The summed E-state index contributed by atoms with van der Waals surface area (Å²) in [5, 5.41) is 9.80. The molecule has 2 heterocycles. The fourth-order valence-corrected chi connectivity index (χ4v) is 2.14. The molecule has 5 nitrogen and oxygen atoms in total. The van der Waals surface area contributed by atoms with Crippen LogP contribution in [0.2, 0.25) is 0 Å². The second kappa shape index (κ2) is 3.74. The topological polar surface area (TPSA) is 74.2 Å². The summed E-state index contributed by atoms with van der Waals surface area (Å²) in [5.74, 6) is 1.43. The van der Waals surface area contributed by atoms with Crippen molar-refractivity contribution >= 4 is 27.4 Å². The van der Waals surface area contributed by atoms with Gasteiger partial charge in [0.15, 0.2) is 10.8 Å². The number of ether oxygens (including phenoxy) is 1. The van der Waals surface area contributed by atoms with Crippen LogP contribution in [0.1, 0.15) is 0 Å². The summed E-state index contributed by atoms with van der Waals surface area (Å²) in [6.07, 6.45) is 0. The van der Waals surface area contributed by atoms with Crippen molar-refractivity contribution in [3.63, 3.8) is 0 Å². The normalized spacial score (nSPS) is 10.9. The van der Waals surface area contributed by atoms with Crippen molar-refractivity contribution in [3.05, 3.63) is 24.3 Å². The van der Waals surface area contributed by atoms with Crippen molar-refractivity contribution in [2.24, 2.45) is 0 Å². The molecule has 0 unspecified atom stereocenters. The first-order valence-electron chi connectivity index (χ1n) is 4.93. The molecule has 0 atom stereocenters. The van der Waals surface area contributed by atoms with E-state index in [1.807, 2.05) is 24.3 Å². The van der Waals surface area contributed by atoms with Crippen LogP contribution in [0, 0.1) is 0 Å². The summed E-state index contributed by atoms with van der Waals surface area (Å²) in [6.45, 7) is 0. The summed E-state index contributed by atoms with van der Waals surface area (Å²) in [5.41, 5.74) is 6.30. The van der Waals surface area contributed by atoms with Crippen LogP contribution in [0.15, 0.2) is 28.7 Å². The lowest BCUT2D eigenvalue weighted by molar-refractivity contribution is 0.414. The molecule has 0 bridgehead atoms. The first-order valence-corrected chi connectivity index (χ1v) is 5.75. The van der Waals surface area contributed by atoms with E-state index < -0.39 is 0 Å². The Morgan fingerprint density at radius 2 is 2.18 bits per heavy atom. The lowest BCUT2D eigenvalue weighted by Gasteiger charge is -1.96. The van der Waals surface area contributed by atoms with E-state index in [4.69, 9.17) is 14.9 Å². The third-order valence-corrected chi connectivity index (χ3v) is 3.15. The summed E-state index contributed by atoms with van der Waals surface area (Å²) in [7, 11) is 1.62. The first-order chi connectivity index (χ1) is 8.26. The van der Waals surface area contributed by atoms with Gasteiger partial charge < -0.3 is 14.9 Å². The van der Waals surface area contributed by atoms with E-state index in [1.54, 1.807) is 7.11 Å². The van der Waals surface area contributed by atoms with Gasteiger partial charge in [0, 0.05) is 11.5 Å². The molecule has 3 rings (SSSR count). The second-order valence-corrected chi connectivity index (χ2v) is 4.47. The van der Waals surface area contributed by atoms with Gasteiger partial charge in [0.2, 0.25) is 5.13 Å². The van der Waals surface area contributed by atoms with Crippen molar-refractivity contribution in [3.8, 4) is 16.5 Å². The van der Waals surface area contributed by atoms with E-state index in [1.165, 1.54) is 11.3 Å². The molecule has 0 amide bonds. The number of rotatable bonds is 2. The Labute approximate surface area is 101 Å². The minimum atomic E-state index is 0.429. The quantitative estimate of drug-likeness (QED) is 0.753. The van der Waals surface area contributed by atoms with Crippen LogP contribution in [0.4, 0.5) is 5.13 Å². The Bertz CT molecular complexity index is 674. The highest BCUT2D eigenvalue weighted by molar-refractivity contribution is 7.18. The molecule has 2 N–H and O–H groups in total. The van der Waals surface area contributed by atoms with Crippen LogP contribution in [0.25, 0.3) is 21.7 Å². The molecule has 0 aliphatic carbocycles. The zero-order valence-corrected chi connectivity index (χ0v) is 9.82. The molecule has 0 saturated carbocycles. The van der Waals surface area contributed by atoms with E-state index in [2.05, 4.69) is 10.2 Å². The average molecular weight is 247 g/mol. The van der Waals surface area contributed by atoms with Crippen molar-refractivity contribution in [2.45, 2.75) is 0 Å². The first kappa shape index (κ1) is 10.1. The molecule has 1 aromatic carbocycles.